The van der Waals surface area contributed by atoms with Crippen LogP contribution in [-0.4, -0.2) is 32.4 Å². The van der Waals surface area contributed by atoms with Crippen LogP contribution in [0.1, 0.15) is 42.4 Å². The Labute approximate surface area is 158 Å². The SMILES string of the molecule is Cn1ncc(C#N)c1NC(=O)c1ccc2c(c1)C(=O)N(Cc1ccco1)C2=O. The molecule has 1 N–H and O–H groups in total. The van der Waals surface area contributed by atoms with Gasteiger partial charge in [0.1, 0.15) is 23.2 Å². The quantitative estimate of drug-likeness (QED) is 0.696. The summed E-state index contributed by atoms with van der Waals surface area (Å²) >= 11 is 0. The minimum absolute atomic E-state index is 0.0153. The number of nitrogens with zero attached hydrogens (tertiary/aromatic N) is 4. The van der Waals surface area contributed by atoms with Crippen LogP contribution in [0.3, 0.4) is 0 Å². The molecule has 0 atom stereocenters. The molecule has 0 aliphatic carbocycles. The Morgan fingerprint density at radius 3 is 2.75 bits per heavy atom. The number of nitrogens with one attached hydrogen (secondary N) is 1. The number of hydrogen-bond donors (Lipinski definition) is 1. The van der Waals surface area contributed by atoms with E-state index in [0.717, 1.165) is 4.90 Å². The number of furan rings is 1. The summed E-state index contributed by atoms with van der Waals surface area (Å²) in [5.41, 5.74) is 0.777. The van der Waals surface area contributed by atoms with Crippen LogP contribution < -0.4 is 5.32 Å². The molecule has 4 rings (SSSR count). The van der Waals surface area contributed by atoms with Gasteiger partial charge in [-0.3, -0.25) is 24.0 Å². The number of carbonyl (C=O) groups excluding carboxylic acids is 3. The van der Waals surface area contributed by atoms with Crippen molar-refractivity contribution in [3.8, 4) is 6.07 Å². The van der Waals surface area contributed by atoms with Gasteiger partial charge in [0.15, 0.2) is 0 Å². The fraction of sp³-hybridized carbons (Fsp3) is 0.105. The third-order valence-electron chi connectivity index (χ3n) is 4.42. The van der Waals surface area contributed by atoms with Crippen molar-refractivity contribution in [3.05, 3.63) is 70.8 Å². The minimum atomic E-state index is -0.521. The van der Waals surface area contributed by atoms with Crippen LogP contribution in [-0.2, 0) is 13.6 Å². The predicted molar refractivity (Wildman–Crippen MR) is 95.2 cm³/mol. The Balaban J connectivity index is 1.60. The molecule has 0 unspecified atom stereocenters. The van der Waals surface area contributed by atoms with E-state index in [-0.39, 0.29) is 34.6 Å². The highest BCUT2D eigenvalue weighted by Crippen LogP contribution is 2.26. The average molecular weight is 375 g/mol. The number of nitriles is 1. The molecule has 1 aliphatic rings. The van der Waals surface area contributed by atoms with Gasteiger partial charge < -0.3 is 9.73 Å². The predicted octanol–water partition coefficient (Wildman–Crippen LogP) is 1.93. The Morgan fingerprint density at radius 1 is 1.25 bits per heavy atom. The molecule has 3 heterocycles. The van der Waals surface area contributed by atoms with Gasteiger partial charge >= 0.3 is 0 Å². The summed E-state index contributed by atoms with van der Waals surface area (Å²) in [5, 5.41) is 15.6. The van der Waals surface area contributed by atoms with E-state index in [0.29, 0.717) is 5.76 Å². The van der Waals surface area contributed by atoms with Gasteiger partial charge in [0.2, 0.25) is 0 Å². The Kier molecular flexibility index (Phi) is 4.01. The molecular weight excluding hydrogens is 362 g/mol. The Bertz CT molecular complexity index is 1150. The third kappa shape index (κ3) is 2.73. The highest BCUT2D eigenvalue weighted by atomic mass is 16.3. The van der Waals surface area contributed by atoms with Gasteiger partial charge in [-0.15, -0.1) is 0 Å². The van der Waals surface area contributed by atoms with E-state index in [1.807, 2.05) is 6.07 Å². The summed E-state index contributed by atoms with van der Waals surface area (Å²) in [4.78, 5) is 38.8. The molecule has 1 aromatic carbocycles. The molecule has 0 saturated carbocycles. The van der Waals surface area contributed by atoms with E-state index in [1.54, 1.807) is 19.2 Å². The van der Waals surface area contributed by atoms with Crippen molar-refractivity contribution in [1.82, 2.24) is 14.7 Å². The van der Waals surface area contributed by atoms with E-state index in [1.165, 1.54) is 35.3 Å². The second-order valence-corrected chi connectivity index (χ2v) is 6.13. The lowest BCUT2D eigenvalue weighted by Crippen LogP contribution is -2.28. The van der Waals surface area contributed by atoms with Gasteiger partial charge in [-0.05, 0) is 30.3 Å². The van der Waals surface area contributed by atoms with Crippen molar-refractivity contribution in [2.45, 2.75) is 6.54 Å². The van der Waals surface area contributed by atoms with Crippen molar-refractivity contribution >= 4 is 23.5 Å². The van der Waals surface area contributed by atoms with Gasteiger partial charge in [-0.1, -0.05) is 0 Å². The van der Waals surface area contributed by atoms with Gasteiger partial charge in [0.05, 0.1) is 30.1 Å². The number of anilines is 1. The maximum absolute atomic E-state index is 12.7. The zero-order valence-electron chi connectivity index (χ0n) is 14.7. The van der Waals surface area contributed by atoms with Crippen molar-refractivity contribution in [2.24, 2.45) is 7.05 Å². The summed E-state index contributed by atoms with van der Waals surface area (Å²) in [7, 11) is 1.59. The maximum atomic E-state index is 12.7. The first-order valence-electron chi connectivity index (χ1n) is 8.25. The van der Waals surface area contributed by atoms with Crippen LogP contribution >= 0.6 is 0 Å². The summed E-state index contributed by atoms with van der Waals surface area (Å²) in [6.45, 7) is 0.0153. The second kappa shape index (κ2) is 6.51. The Hall–Kier alpha value is -4.19. The number of rotatable bonds is 4. The molecule has 0 fully saturated rings. The van der Waals surface area contributed by atoms with Gasteiger partial charge in [0, 0.05) is 12.6 Å². The number of imide groups is 1. The van der Waals surface area contributed by atoms with Crippen molar-refractivity contribution < 1.29 is 18.8 Å². The van der Waals surface area contributed by atoms with Crippen molar-refractivity contribution in [1.29, 1.82) is 5.26 Å². The van der Waals surface area contributed by atoms with Crippen LogP contribution in [0.5, 0.6) is 0 Å². The largest absolute Gasteiger partial charge is 0.467 e. The molecule has 9 nitrogen and oxygen atoms in total. The normalized spacial score (nSPS) is 12.8. The molecule has 28 heavy (non-hydrogen) atoms. The summed E-state index contributed by atoms with van der Waals surface area (Å²) in [6.07, 6.45) is 2.80. The van der Waals surface area contributed by atoms with Gasteiger partial charge in [-0.25, -0.2) is 0 Å². The highest BCUT2D eigenvalue weighted by molar-refractivity contribution is 6.22. The number of fused-ring (bicyclic) bond motifs is 1. The molecule has 9 heteroatoms. The molecule has 0 spiro atoms. The number of aromatic nitrogens is 2. The lowest BCUT2D eigenvalue weighted by Gasteiger charge is -2.11. The van der Waals surface area contributed by atoms with Crippen LogP contribution in [0.2, 0.25) is 0 Å². The minimum Gasteiger partial charge on any atom is -0.467 e. The number of benzene rings is 1. The van der Waals surface area contributed by atoms with Crippen molar-refractivity contribution in [3.63, 3.8) is 0 Å². The molecule has 1 aliphatic heterocycles. The molecule has 3 amide bonds. The standard InChI is InChI=1S/C19H13N5O4/c1-23-16(12(8-20)9-21-23)22-17(25)11-4-5-14-15(7-11)19(27)24(18(14)26)10-13-3-2-6-28-13/h2-7,9H,10H2,1H3,(H,22,25). The Morgan fingerprint density at radius 2 is 2.04 bits per heavy atom. The smallest absolute Gasteiger partial charge is 0.261 e. The van der Waals surface area contributed by atoms with E-state index >= 15 is 0 Å². The first kappa shape index (κ1) is 17.2. The zero-order valence-corrected chi connectivity index (χ0v) is 14.7. The lowest BCUT2D eigenvalue weighted by atomic mass is 10.1. The molecule has 0 bridgehead atoms. The van der Waals surface area contributed by atoms with E-state index in [4.69, 9.17) is 9.68 Å². The molecule has 0 saturated heterocycles. The van der Waals surface area contributed by atoms with Crippen molar-refractivity contribution in [2.75, 3.05) is 5.32 Å². The van der Waals surface area contributed by atoms with E-state index in [2.05, 4.69) is 10.4 Å². The highest BCUT2D eigenvalue weighted by Gasteiger charge is 2.36. The molecule has 138 valence electrons. The van der Waals surface area contributed by atoms with Crippen LogP contribution in [0.15, 0.2) is 47.2 Å². The van der Waals surface area contributed by atoms with Crippen LogP contribution in [0.4, 0.5) is 5.82 Å². The summed E-state index contributed by atoms with van der Waals surface area (Å²) in [5.74, 6) is -0.735. The van der Waals surface area contributed by atoms with E-state index in [9.17, 15) is 14.4 Å². The first-order valence-corrected chi connectivity index (χ1v) is 8.25. The number of aryl methyl sites for hydroxylation is 1. The number of carbonyl (C=O) groups is 3. The lowest BCUT2D eigenvalue weighted by molar-refractivity contribution is 0.0631. The van der Waals surface area contributed by atoms with E-state index < -0.39 is 17.7 Å². The summed E-state index contributed by atoms with van der Waals surface area (Å²) in [6, 6.07) is 9.55. The number of hydrogen-bond acceptors (Lipinski definition) is 6. The fourth-order valence-corrected chi connectivity index (χ4v) is 2.98. The first-order chi connectivity index (χ1) is 13.5. The maximum Gasteiger partial charge on any atom is 0.261 e. The van der Waals surface area contributed by atoms with Gasteiger partial charge in [0.25, 0.3) is 17.7 Å². The van der Waals surface area contributed by atoms with Crippen LogP contribution in [0.25, 0.3) is 0 Å². The molecular formula is C19H13N5O4. The number of amides is 3. The average Bonchev–Trinajstić information content (AvgIpc) is 3.39. The molecule has 3 aromatic rings. The van der Waals surface area contributed by atoms with Crippen LogP contribution in [0, 0.1) is 11.3 Å². The fourth-order valence-electron chi connectivity index (χ4n) is 2.98. The molecule has 2 aromatic heterocycles. The monoisotopic (exact) mass is 375 g/mol. The second-order valence-electron chi connectivity index (χ2n) is 6.13. The zero-order chi connectivity index (χ0) is 19.8. The molecule has 0 radical (unpaired) electrons. The third-order valence-corrected chi connectivity index (χ3v) is 4.42. The topological polar surface area (TPSA) is 121 Å². The summed E-state index contributed by atoms with van der Waals surface area (Å²) < 4.78 is 6.56. The van der Waals surface area contributed by atoms with Gasteiger partial charge in [-0.2, -0.15) is 10.4 Å².